The molecule has 0 atom stereocenters. The molecule has 0 aliphatic heterocycles. The van der Waals surface area contributed by atoms with Crippen LogP contribution >= 0.6 is 0 Å². The van der Waals surface area contributed by atoms with Gasteiger partial charge >= 0.3 is 0 Å². The van der Waals surface area contributed by atoms with E-state index >= 15 is 0 Å². The number of guanidine groups is 1. The second-order valence-electron chi connectivity index (χ2n) is 6.12. The van der Waals surface area contributed by atoms with Gasteiger partial charge in [-0.15, -0.1) is 0 Å². The van der Waals surface area contributed by atoms with E-state index in [9.17, 15) is 0 Å². The first kappa shape index (κ1) is 17.8. The summed E-state index contributed by atoms with van der Waals surface area (Å²) < 4.78 is 5.45. The molecule has 3 aromatic rings. The van der Waals surface area contributed by atoms with E-state index < -0.39 is 0 Å². The van der Waals surface area contributed by atoms with Gasteiger partial charge in [0.1, 0.15) is 11.6 Å². The van der Waals surface area contributed by atoms with Gasteiger partial charge in [0.25, 0.3) is 0 Å². The molecule has 0 aliphatic carbocycles. The Bertz CT molecular complexity index is 867. The van der Waals surface area contributed by atoms with Crippen molar-refractivity contribution in [3.05, 3.63) is 59.4 Å². The Labute approximate surface area is 153 Å². The van der Waals surface area contributed by atoms with E-state index in [1.54, 1.807) is 14.2 Å². The zero-order valence-corrected chi connectivity index (χ0v) is 15.5. The molecule has 3 N–H and O–H groups in total. The standard InChI is InChI=1S/C20H25N5O/c1-14-8-9-15(18(12-14)26-3)13-23-20(21-2)22-11-10-19-24-16-6-4-5-7-17(16)25-19/h4-9,12H,10-11,13H2,1-3H3,(H,24,25)(H2,21,22,23). The van der Waals surface area contributed by atoms with Crippen LogP contribution in [0.15, 0.2) is 47.5 Å². The molecule has 0 fully saturated rings. The normalized spacial score (nSPS) is 11.6. The number of nitrogens with one attached hydrogen (secondary N) is 3. The highest BCUT2D eigenvalue weighted by Gasteiger charge is 2.06. The van der Waals surface area contributed by atoms with Crippen molar-refractivity contribution >= 4 is 17.0 Å². The Balaban J connectivity index is 1.52. The van der Waals surface area contributed by atoms with Crippen molar-refractivity contribution in [3.63, 3.8) is 0 Å². The average Bonchev–Trinajstić information content (AvgIpc) is 3.08. The number of rotatable bonds is 6. The molecule has 6 nitrogen and oxygen atoms in total. The summed E-state index contributed by atoms with van der Waals surface area (Å²) in [5.74, 6) is 2.60. The maximum Gasteiger partial charge on any atom is 0.191 e. The van der Waals surface area contributed by atoms with Gasteiger partial charge in [-0.2, -0.15) is 0 Å². The van der Waals surface area contributed by atoms with E-state index in [1.807, 2.05) is 30.3 Å². The molecule has 26 heavy (non-hydrogen) atoms. The fraction of sp³-hybridized carbons (Fsp3) is 0.300. The highest BCUT2D eigenvalue weighted by atomic mass is 16.5. The smallest absolute Gasteiger partial charge is 0.191 e. The van der Waals surface area contributed by atoms with Gasteiger partial charge in [0.2, 0.25) is 0 Å². The van der Waals surface area contributed by atoms with Gasteiger partial charge in [0.15, 0.2) is 5.96 Å². The van der Waals surface area contributed by atoms with E-state index in [1.165, 1.54) is 5.56 Å². The Morgan fingerprint density at radius 2 is 2.04 bits per heavy atom. The second kappa shape index (κ2) is 8.38. The van der Waals surface area contributed by atoms with Gasteiger partial charge in [0.05, 0.1) is 18.1 Å². The fourth-order valence-electron chi connectivity index (χ4n) is 2.82. The summed E-state index contributed by atoms with van der Waals surface area (Å²) in [7, 11) is 3.46. The predicted molar refractivity (Wildman–Crippen MR) is 106 cm³/mol. The third kappa shape index (κ3) is 4.33. The van der Waals surface area contributed by atoms with Crippen LogP contribution in [0.2, 0.25) is 0 Å². The molecule has 0 amide bonds. The first-order valence-electron chi connectivity index (χ1n) is 8.71. The summed E-state index contributed by atoms with van der Waals surface area (Å²) in [6.45, 7) is 3.44. The summed E-state index contributed by atoms with van der Waals surface area (Å²) in [4.78, 5) is 12.2. The van der Waals surface area contributed by atoms with Gasteiger partial charge in [-0.3, -0.25) is 4.99 Å². The molecule has 0 spiro atoms. The highest BCUT2D eigenvalue weighted by Crippen LogP contribution is 2.19. The van der Waals surface area contributed by atoms with Crippen molar-refractivity contribution in [1.82, 2.24) is 20.6 Å². The van der Waals surface area contributed by atoms with Crippen molar-refractivity contribution in [2.45, 2.75) is 19.9 Å². The van der Waals surface area contributed by atoms with Crippen molar-refractivity contribution in [1.29, 1.82) is 0 Å². The molecule has 0 radical (unpaired) electrons. The molecular formula is C20H25N5O. The fourth-order valence-corrected chi connectivity index (χ4v) is 2.82. The number of methoxy groups -OCH3 is 1. The zero-order valence-electron chi connectivity index (χ0n) is 15.5. The molecule has 136 valence electrons. The number of aliphatic imine (C=N–C) groups is 1. The van der Waals surface area contributed by atoms with Gasteiger partial charge in [0, 0.05) is 32.1 Å². The van der Waals surface area contributed by atoms with Crippen molar-refractivity contribution in [3.8, 4) is 5.75 Å². The number of aromatic nitrogens is 2. The molecule has 0 unspecified atom stereocenters. The number of hydrogen-bond donors (Lipinski definition) is 3. The molecule has 0 bridgehead atoms. The summed E-state index contributed by atoms with van der Waals surface area (Å²) in [6.07, 6.45) is 0.795. The molecule has 0 aliphatic rings. The SMILES string of the molecule is CN=C(NCCc1nc2ccccc2[nH]1)NCc1ccc(C)cc1OC. The topological polar surface area (TPSA) is 74.3 Å². The number of hydrogen-bond acceptors (Lipinski definition) is 3. The zero-order chi connectivity index (χ0) is 18.4. The Morgan fingerprint density at radius 3 is 2.81 bits per heavy atom. The highest BCUT2D eigenvalue weighted by molar-refractivity contribution is 5.79. The maximum atomic E-state index is 5.45. The minimum atomic E-state index is 0.647. The van der Waals surface area contributed by atoms with Gasteiger partial charge in [-0.05, 0) is 30.7 Å². The molecule has 6 heteroatoms. The van der Waals surface area contributed by atoms with Crippen LogP contribution in [0.25, 0.3) is 11.0 Å². The van der Waals surface area contributed by atoms with Crippen LogP contribution in [0.5, 0.6) is 5.75 Å². The van der Waals surface area contributed by atoms with E-state index in [-0.39, 0.29) is 0 Å². The number of nitrogens with zero attached hydrogens (tertiary/aromatic N) is 2. The van der Waals surface area contributed by atoms with Crippen LogP contribution < -0.4 is 15.4 Å². The number of H-pyrrole nitrogens is 1. The molecule has 0 saturated heterocycles. The number of ether oxygens (including phenoxy) is 1. The Morgan fingerprint density at radius 1 is 1.19 bits per heavy atom. The third-order valence-corrected chi connectivity index (χ3v) is 4.21. The molecule has 3 rings (SSSR count). The molecular weight excluding hydrogens is 326 g/mol. The molecule has 0 saturated carbocycles. The first-order chi connectivity index (χ1) is 12.7. The largest absolute Gasteiger partial charge is 0.496 e. The van der Waals surface area contributed by atoms with Gasteiger partial charge < -0.3 is 20.4 Å². The van der Waals surface area contributed by atoms with Gasteiger partial charge in [-0.1, -0.05) is 24.3 Å². The lowest BCUT2D eigenvalue weighted by atomic mass is 10.1. The molecule has 1 heterocycles. The number of imidazole rings is 1. The van der Waals surface area contributed by atoms with E-state index in [0.29, 0.717) is 6.54 Å². The van der Waals surface area contributed by atoms with E-state index in [0.717, 1.165) is 47.1 Å². The third-order valence-electron chi connectivity index (χ3n) is 4.21. The second-order valence-corrected chi connectivity index (χ2v) is 6.12. The van der Waals surface area contributed by atoms with Crippen molar-refractivity contribution in [2.75, 3.05) is 20.7 Å². The van der Waals surface area contributed by atoms with Crippen molar-refractivity contribution in [2.24, 2.45) is 4.99 Å². The van der Waals surface area contributed by atoms with Crippen LogP contribution in [0.4, 0.5) is 0 Å². The first-order valence-corrected chi connectivity index (χ1v) is 8.71. The number of para-hydroxylation sites is 2. The van der Waals surface area contributed by atoms with Crippen LogP contribution in [-0.4, -0.2) is 36.6 Å². The Kier molecular flexibility index (Phi) is 5.73. The molecule has 1 aromatic heterocycles. The summed E-state index contributed by atoms with van der Waals surface area (Å²) in [6, 6.07) is 14.2. The quantitative estimate of drug-likeness (QED) is 0.472. The number of benzene rings is 2. The van der Waals surface area contributed by atoms with E-state index in [4.69, 9.17) is 4.74 Å². The lowest BCUT2D eigenvalue weighted by Gasteiger charge is -2.14. The summed E-state index contributed by atoms with van der Waals surface area (Å²) >= 11 is 0. The number of aryl methyl sites for hydroxylation is 1. The van der Waals surface area contributed by atoms with E-state index in [2.05, 4.69) is 44.7 Å². The monoisotopic (exact) mass is 351 g/mol. The van der Waals surface area contributed by atoms with Crippen molar-refractivity contribution < 1.29 is 4.74 Å². The van der Waals surface area contributed by atoms with Crippen LogP contribution in [0.3, 0.4) is 0 Å². The van der Waals surface area contributed by atoms with Crippen LogP contribution in [0.1, 0.15) is 17.0 Å². The average molecular weight is 351 g/mol. The van der Waals surface area contributed by atoms with Crippen LogP contribution in [0, 0.1) is 6.92 Å². The summed E-state index contributed by atoms with van der Waals surface area (Å²) in [5.41, 5.74) is 4.34. The molecule has 2 aromatic carbocycles. The Hall–Kier alpha value is -3.02. The predicted octanol–water partition coefficient (Wildman–Crippen LogP) is 2.79. The number of fused-ring (bicyclic) bond motifs is 1. The minimum absolute atomic E-state index is 0.647. The lowest BCUT2D eigenvalue weighted by molar-refractivity contribution is 0.408. The number of aromatic amines is 1. The lowest BCUT2D eigenvalue weighted by Crippen LogP contribution is -2.38. The van der Waals surface area contributed by atoms with Crippen LogP contribution in [-0.2, 0) is 13.0 Å². The maximum absolute atomic E-state index is 5.45. The summed E-state index contributed by atoms with van der Waals surface area (Å²) in [5, 5.41) is 6.64. The minimum Gasteiger partial charge on any atom is -0.496 e. The van der Waals surface area contributed by atoms with Gasteiger partial charge in [-0.25, -0.2) is 4.98 Å².